The minimum atomic E-state index is -0.932. The van der Waals surface area contributed by atoms with Crippen LogP contribution < -0.4 is 5.10 Å². The van der Waals surface area contributed by atoms with Gasteiger partial charge in [-0.3, -0.25) is 10.1 Å². The van der Waals surface area contributed by atoms with Crippen LogP contribution in [0.25, 0.3) is 0 Å². The molecule has 0 radical (unpaired) electrons. The Morgan fingerprint density at radius 3 is 2.25 bits per heavy atom. The first kappa shape index (κ1) is 8.11. The first-order chi connectivity index (χ1) is 5.54. The smallest absolute Gasteiger partial charge is 0.426 e. The van der Waals surface area contributed by atoms with E-state index >= 15 is 0 Å². The normalized spacial score (nSPS) is 9.75. The largest absolute Gasteiger partial charge is 0.452 e. The molecule has 1 aromatic rings. The van der Waals surface area contributed by atoms with Gasteiger partial charge in [0.05, 0.1) is 4.92 Å². The Balaban J connectivity index is 3.31. The average Bonchev–Trinajstić information content (AvgIpc) is 2.30. The minimum absolute atomic E-state index is 0.0494. The Morgan fingerprint density at radius 2 is 1.92 bits per heavy atom. The van der Waals surface area contributed by atoms with Gasteiger partial charge in [0.2, 0.25) is 0 Å². The van der Waals surface area contributed by atoms with E-state index < -0.39 is 21.4 Å². The molecular weight excluding hydrogens is 168 g/mol. The summed E-state index contributed by atoms with van der Waals surface area (Å²) in [6, 6.07) is 0. The van der Waals surface area contributed by atoms with Gasteiger partial charge < -0.3 is 15.2 Å². The number of aromatic nitrogens is 2. The van der Waals surface area contributed by atoms with Crippen LogP contribution in [0.3, 0.4) is 0 Å². The molecule has 0 aliphatic rings. The highest BCUT2D eigenvalue weighted by molar-refractivity contribution is 5.49. The van der Waals surface area contributed by atoms with Crippen LogP contribution in [0.4, 0.5) is 11.5 Å². The van der Waals surface area contributed by atoms with Gasteiger partial charge in [0, 0.05) is 0 Å². The molecule has 0 saturated heterocycles. The summed E-state index contributed by atoms with van der Waals surface area (Å²) in [5, 5.41) is 26.6. The molecule has 64 valence electrons. The van der Waals surface area contributed by atoms with Crippen LogP contribution in [-0.4, -0.2) is 14.9 Å². The predicted molar refractivity (Wildman–Crippen MR) is 35.6 cm³/mol. The zero-order valence-corrected chi connectivity index (χ0v) is 5.92. The number of rotatable bonds is 2. The summed E-state index contributed by atoms with van der Waals surface area (Å²) in [4.78, 5) is 18.6. The third kappa shape index (κ3) is 1.09. The average molecular weight is 171 g/mol. The Hall–Kier alpha value is -1.99. The topological polar surface area (TPSA) is 113 Å². The van der Waals surface area contributed by atoms with Crippen molar-refractivity contribution in [1.29, 1.82) is 0 Å². The van der Waals surface area contributed by atoms with Crippen LogP contribution in [0.5, 0.6) is 0 Å². The van der Waals surface area contributed by atoms with Gasteiger partial charge >= 0.3 is 11.5 Å². The van der Waals surface area contributed by atoms with Crippen LogP contribution >= 0.6 is 0 Å². The van der Waals surface area contributed by atoms with Crippen molar-refractivity contribution >= 4 is 11.5 Å². The van der Waals surface area contributed by atoms with Gasteiger partial charge in [0.1, 0.15) is 0 Å². The third-order valence-corrected chi connectivity index (χ3v) is 1.20. The molecule has 0 amide bonds. The predicted octanol–water partition coefficient (Wildman–Crippen LogP) is 0.164. The van der Waals surface area contributed by atoms with Crippen molar-refractivity contribution in [3.8, 4) is 0 Å². The first-order valence-corrected chi connectivity index (χ1v) is 2.82. The van der Waals surface area contributed by atoms with E-state index in [1.807, 2.05) is 0 Å². The van der Waals surface area contributed by atoms with Crippen molar-refractivity contribution in [1.82, 2.24) is 10.2 Å². The van der Waals surface area contributed by atoms with Crippen molar-refractivity contribution in [2.75, 3.05) is 0 Å². The van der Waals surface area contributed by atoms with Crippen molar-refractivity contribution in [3.63, 3.8) is 0 Å². The lowest BCUT2D eigenvalue weighted by Crippen LogP contribution is -1.95. The molecule has 0 aliphatic heterocycles. The Labute approximate surface area is 65.5 Å². The van der Waals surface area contributed by atoms with E-state index in [0.717, 1.165) is 0 Å². The van der Waals surface area contributed by atoms with Gasteiger partial charge in [-0.05, 0) is 10.6 Å². The van der Waals surface area contributed by atoms with Gasteiger partial charge in [-0.1, -0.05) is 6.92 Å². The minimum Gasteiger partial charge on any atom is -0.452 e. The van der Waals surface area contributed by atoms with Crippen LogP contribution in [0.15, 0.2) is 0 Å². The highest BCUT2D eigenvalue weighted by Crippen LogP contribution is 2.25. The quantitative estimate of drug-likeness (QED) is 0.462. The van der Waals surface area contributed by atoms with Crippen LogP contribution in [-0.2, 0) is 0 Å². The second-order valence-electron chi connectivity index (χ2n) is 1.97. The fraction of sp³-hybridized carbons (Fsp3) is 0.250. The molecule has 0 aliphatic carbocycles. The molecule has 0 N–H and O–H groups in total. The van der Waals surface area contributed by atoms with Gasteiger partial charge in [-0.25, -0.2) is 0 Å². The van der Waals surface area contributed by atoms with Crippen molar-refractivity contribution in [3.05, 3.63) is 25.9 Å². The molecule has 1 rings (SSSR count). The first-order valence-electron chi connectivity index (χ1n) is 2.82. The van der Waals surface area contributed by atoms with Gasteiger partial charge in [0.15, 0.2) is 0 Å². The summed E-state index contributed by atoms with van der Waals surface area (Å²) in [6.07, 6.45) is 0. The molecule has 8 nitrogen and oxygen atoms in total. The maximum Gasteiger partial charge on any atom is 0.426 e. The van der Waals surface area contributed by atoms with Crippen LogP contribution in [0.2, 0.25) is 0 Å². The van der Waals surface area contributed by atoms with Crippen LogP contribution in [0, 0.1) is 27.2 Å². The summed E-state index contributed by atoms with van der Waals surface area (Å²) in [7, 11) is 0. The Morgan fingerprint density at radius 1 is 1.33 bits per heavy atom. The summed E-state index contributed by atoms with van der Waals surface area (Å²) in [5.41, 5.74) is -0.688. The number of aryl methyl sites for hydroxylation is 1. The van der Waals surface area contributed by atoms with Crippen LogP contribution in [0.1, 0.15) is 5.69 Å². The van der Waals surface area contributed by atoms with E-state index in [2.05, 4.69) is 10.2 Å². The fourth-order valence-electron chi connectivity index (χ4n) is 0.716. The molecule has 8 heteroatoms. The molecule has 0 fully saturated rings. The molecule has 0 spiro atoms. The Kier molecular flexibility index (Phi) is 1.73. The lowest BCUT2D eigenvalue weighted by Gasteiger charge is -1.91. The van der Waals surface area contributed by atoms with E-state index in [1.54, 1.807) is 0 Å². The molecule has 12 heavy (non-hydrogen) atoms. The maximum absolute atomic E-state index is 10.2. The van der Waals surface area contributed by atoms with Gasteiger partial charge in [-0.2, -0.15) is 0 Å². The molecule has 0 aromatic carbocycles. The molecule has 0 atom stereocenters. The molecule has 0 bridgehead atoms. The highest BCUT2D eigenvalue weighted by Gasteiger charge is 2.25. The number of hydrogen-bond acceptors (Lipinski definition) is 5. The molecule has 0 unspecified atom stereocenters. The van der Waals surface area contributed by atoms with Crippen molar-refractivity contribution in [2.24, 2.45) is 0 Å². The van der Waals surface area contributed by atoms with Crippen molar-refractivity contribution < 1.29 is 9.85 Å². The summed E-state index contributed by atoms with van der Waals surface area (Å²) < 4.78 is 0. The van der Waals surface area contributed by atoms with Crippen molar-refractivity contribution in [2.45, 2.75) is 6.92 Å². The molecule has 1 aromatic heterocycles. The summed E-state index contributed by atoms with van der Waals surface area (Å²) in [6.45, 7) is 1.29. The molecule has 0 saturated carbocycles. The molecule has 1 heterocycles. The second kappa shape index (κ2) is 2.57. The SMILES string of the molecule is Cc1[n-]nc([N+](=O)[O-])c1[N+](=O)[O-]. The van der Waals surface area contributed by atoms with Gasteiger partial charge in [0.25, 0.3) is 0 Å². The maximum atomic E-state index is 10.2. The zero-order valence-electron chi connectivity index (χ0n) is 5.92. The summed E-state index contributed by atoms with van der Waals surface area (Å²) >= 11 is 0. The third-order valence-electron chi connectivity index (χ3n) is 1.20. The lowest BCUT2D eigenvalue weighted by molar-refractivity contribution is -0.424. The second-order valence-corrected chi connectivity index (χ2v) is 1.97. The van der Waals surface area contributed by atoms with E-state index in [-0.39, 0.29) is 5.69 Å². The van der Waals surface area contributed by atoms with E-state index in [9.17, 15) is 20.2 Å². The standard InChI is InChI=1S/C4H3N4O4/c1-2-3(7(9)10)4(6-5-2)8(11)12/h1H3/q-1. The monoisotopic (exact) mass is 171 g/mol. The number of hydrogen-bond donors (Lipinski definition) is 0. The summed E-state index contributed by atoms with van der Waals surface area (Å²) in [5.74, 6) is -0.808. The van der Waals surface area contributed by atoms with E-state index in [4.69, 9.17) is 0 Å². The van der Waals surface area contributed by atoms with E-state index in [0.29, 0.717) is 0 Å². The van der Waals surface area contributed by atoms with E-state index in [1.165, 1.54) is 6.92 Å². The fourth-order valence-corrected chi connectivity index (χ4v) is 0.716. The highest BCUT2D eigenvalue weighted by atomic mass is 16.6. The number of nitrogens with zero attached hydrogens (tertiary/aromatic N) is 4. The number of nitro groups is 2. The Bertz CT molecular complexity index is 343. The molecular formula is C4H3N4O4-. The zero-order chi connectivity index (χ0) is 9.30. The lowest BCUT2D eigenvalue weighted by atomic mass is 10.4. The van der Waals surface area contributed by atoms with Gasteiger partial charge in [-0.15, -0.1) is 5.10 Å².